The van der Waals surface area contributed by atoms with Gasteiger partial charge in [-0.05, 0) is 19.8 Å². The minimum Gasteiger partial charge on any atom is -0.389 e. The van der Waals surface area contributed by atoms with Gasteiger partial charge in [-0.15, -0.1) is 0 Å². The van der Waals surface area contributed by atoms with E-state index in [0.29, 0.717) is 38.8 Å². The molecule has 0 aromatic carbocycles. The number of nitrogens with one attached hydrogen (secondary N) is 2. The fraction of sp³-hybridized carbons (Fsp3) is 0.909. The van der Waals surface area contributed by atoms with Gasteiger partial charge in [0.25, 0.3) is 0 Å². The molecule has 94 valence electrons. The third-order valence-corrected chi connectivity index (χ3v) is 2.37. The van der Waals surface area contributed by atoms with Crippen LogP contribution in [0.1, 0.15) is 26.2 Å². The molecule has 1 unspecified atom stereocenters. The molecule has 0 saturated heterocycles. The Hall–Kier alpha value is -0.650. The molecule has 0 radical (unpaired) electrons. The Morgan fingerprint density at radius 3 is 2.94 bits per heavy atom. The molecule has 1 rings (SSSR count). The summed E-state index contributed by atoms with van der Waals surface area (Å²) in [5.41, 5.74) is 0. The number of carbonyl (C=O) groups excluding carboxylic acids is 1. The molecule has 16 heavy (non-hydrogen) atoms. The molecule has 0 heterocycles. The predicted octanol–water partition coefficient (Wildman–Crippen LogP) is -0.358. The van der Waals surface area contributed by atoms with E-state index < -0.39 is 6.10 Å². The van der Waals surface area contributed by atoms with Gasteiger partial charge >= 0.3 is 0 Å². The molecule has 5 nitrogen and oxygen atoms in total. The summed E-state index contributed by atoms with van der Waals surface area (Å²) in [6, 6.07) is 0.427. The molecule has 0 aromatic heterocycles. The van der Waals surface area contributed by atoms with E-state index in [4.69, 9.17) is 4.74 Å². The number of hydrogen-bond acceptors (Lipinski definition) is 4. The molecular weight excluding hydrogens is 208 g/mol. The molecule has 1 aliphatic rings. The molecule has 1 aliphatic carbocycles. The van der Waals surface area contributed by atoms with E-state index in [1.165, 1.54) is 0 Å². The highest BCUT2D eigenvalue weighted by atomic mass is 16.5. The van der Waals surface area contributed by atoms with Gasteiger partial charge in [-0.25, -0.2) is 0 Å². The maximum atomic E-state index is 11.3. The van der Waals surface area contributed by atoms with Crippen LogP contribution in [0, 0.1) is 0 Å². The zero-order chi connectivity index (χ0) is 11.8. The van der Waals surface area contributed by atoms with Crippen LogP contribution < -0.4 is 10.6 Å². The Labute approximate surface area is 96.6 Å². The molecule has 5 heteroatoms. The Kier molecular flexibility index (Phi) is 6.37. The van der Waals surface area contributed by atoms with Gasteiger partial charge in [0.1, 0.15) is 0 Å². The molecular formula is C11H22N2O3. The molecule has 0 aromatic rings. The van der Waals surface area contributed by atoms with Crippen molar-refractivity contribution < 1.29 is 14.6 Å². The first-order valence-electron chi connectivity index (χ1n) is 5.98. The Bertz CT molecular complexity index is 207. The second-order valence-electron chi connectivity index (χ2n) is 4.11. The second kappa shape index (κ2) is 7.60. The summed E-state index contributed by atoms with van der Waals surface area (Å²) in [7, 11) is 0. The lowest BCUT2D eigenvalue weighted by molar-refractivity contribution is -0.121. The predicted molar refractivity (Wildman–Crippen MR) is 61.2 cm³/mol. The molecule has 3 N–H and O–H groups in total. The van der Waals surface area contributed by atoms with Gasteiger partial charge in [0.05, 0.1) is 12.7 Å². The average molecular weight is 230 g/mol. The minimum atomic E-state index is -0.494. The van der Waals surface area contributed by atoms with E-state index in [-0.39, 0.29) is 5.91 Å². The molecule has 0 spiro atoms. The lowest BCUT2D eigenvalue weighted by atomic mass is 10.3. The van der Waals surface area contributed by atoms with Crippen LogP contribution in [0.3, 0.4) is 0 Å². The van der Waals surface area contributed by atoms with Crippen LogP contribution in [0.25, 0.3) is 0 Å². The summed E-state index contributed by atoms with van der Waals surface area (Å²) in [6.07, 6.45) is 2.21. The third kappa shape index (κ3) is 6.76. The molecule has 1 saturated carbocycles. The molecule has 1 fully saturated rings. The van der Waals surface area contributed by atoms with Crippen molar-refractivity contribution in [1.82, 2.24) is 10.6 Å². The van der Waals surface area contributed by atoms with Gasteiger partial charge in [-0.2, -0.15) is 0 Å². The fourth-order valence-electron chi connectivity index (χ4n) is 1.31. The van der Waals surface area contributed by atoms with Crippen LogP contribution in [0.15, 0.2) is 0 Å². The first-order chi connectivity index (χ1) is 7.72. The van der Waals surface area contributed by atoms with Crippen molar-refractivity contribution in [2.45, 2.75) is 38.3 Å². The monoisotopic (exact) mass is 230 g/mol. The van der Waals surface area contributed by atoms with Crippen molar-refractivity contribution in [3.05, 3.63) is 0 Å². The molecule has 0 bridgehead atoms. The maximum Gasteiger partial charge on any atom is 0.221 e. The number of hydrogen-bond donors (Lipinski definition) is 3. The van der Waals surface area contributed by atoms with Crippen LogP contribution >= 0.6 is 0 Å². The summed E-state index contributed by atoms with van der Waals surface area (Å²) in [6.45, 7) is 3.92. The number of rotatable bonds is 9. The highest BCUT2D eigenvalue weighted by molar-refractivity contribution is 5.76. The normalized spacial score (nSPS) is 17.1. The van der Waals surface area contributed by atoms with E-state index in [1.54, 1.807) is 0 Å². The minimum absolute atomic E-state index is 0.0919. The number of amides is 1. The smallest absolute Gasteiger partial charge is 0.221 e. The molecule has 1 atom stereocenters. The highest BCUT2D eigenvalue weighted by Crippen LogP contribution is 2.18. The van der Waals surface area contributed by atoms with E-state index >= 15 is 0 Å². The summed E-state index contributed by atoms with van der Waals surface area (Å²) in [5, 5.41) is 15.4. The van der Waals surface area contributed by atoms with Crippen LogP contribution in [-0.4, -0.2) is 49.5 Å². The standard InChI is InChI=1S/C11H22N2O3/c1-2-16-8-10(14)7-12-6-5-11(15)13-9-3-4-9/h9-10,12,14H,2-8H2,1H3,(H,13,15). The van der Waals surface area contributed by atoms with Gasteiger partial charge in [0.2, 0.25) is 5.91 Å². The number of ether oxygens (including phenoxy) is 1. The van der Waals surface area contributed by atoms with Crippen molar-refractivity contribution >= 4 is 5.91 Å². The lowest BCUT2D eigenvalue weighted by Crippen LogP contribution is -2.34. The first kappa shape index (κ1) is 13.4. The first-order valence-corrected chi connectivity index (χ1v) is 5.98. The van der Waals surface area contributed by atoms with Gasteiger partial charge in [0.15, 0.2) is 0 Å². The van der Waals surface area contributed by atoms with Crippen LogP contribution in [0.4, 0.5) is 0 Å². The van der Waals surface area contributed by atoms with E-state index in [1.807, 2.05) is 6.92 Å². The van der Waals surface area contributed by atoms with Crippen molar-refractivity contribution in [1.29, 1.82) is 0 Å². The fourth-order valence-corrected chi connectivity index (χ4v) is 1.31. The van der Waals surface area contributed by atoms with Gasteiger partial charge in [-0.3, -0.25) is 4.79 Å². The van der Waals surface area contributed by atoms with Crippen LogP contribution in [-0.2, 0) is 9.53 Å². The Morgan fingerprint density at radius 2 is 2.31 bits per heavy atom. The van der Waals surface area contributed by atoms with Gasteiger partial charge in [-0.1, -0.05) is 0 Å². The van der Waals surface area contributed by atoms with E-state index in [9.17, 15) is 9.90 Å². The van der Waals surface area contributed by atoms with Crippen molar-refractivity contribution in [2.24, 2.45) is 0 Å². The quantitative estimate of drug-likeness (QED) is 0.473. The zero-order valence-corrected chi connectivity index (χ0v) is 9.87. The van der Waals surface area contributed by atoms with Gasteiger partial charge in [0, 0.05) is 32.2 Å². The molecule has 1 amide bonds. The van der Waals surface area contributed by atoms with Crippen molar-refractivity contribution in [2.75, 3.05) is 26.3 Å². The summed E-state index contributed by atoms with van der Waals surface area (Å²) in [4.78, 5) is 11.3. The van der Waals surface area contributed by atoms with Gasteiger partial charge < -0.3 is 20.5 Å². The molecule has 0 aliphatic heterocycles. The highest BCUT2D eigenvalue weighted by Gasteiger charge is 2.22. The van der Waals surface area contributed by atoms with Crippen molar-refractivity contribution in [3.8, 4) is 0 Å². The number of carbonyl (C=O) groups is 1. The maximum absolute atomic E-state index is 11.3. The second-order valence-corrected chi connectivity index (χ2v) is 4.11. The van der Waals surface area contributed by atoms with Crippen molar-refractivity contribution in [3.63, 3.8) is 0 Å². The summed E-state index contributed by atoms with van der Waals surface area (Å²) < 4.78 is 5.07. The largest absolute Gasteiger partial charge is 0.389 e. The third-order valence-electron chi connectivity index (χ3n) is 2.37. The van der Waals surface area contributed by atoms with Crippen LogP contribution in [0.5, 0.6) is 0 Å². The topological polar surface area (TPSA) is 70.6 Å². The Morgan fingerprint density at radius 1 is 1.56 bits per heavy atom. The zero-order valence-electron chi connectivity index (χ0n) is 9.87. The Balaban J connectivity index is 1.87. The SMILES string of the molecule is CCOCC(O)CNCCC(=O)NC1CC1. The average Bonchev–Trinajstić information content (AvgIpc) is 3.05. The number of aliphatic hydroxyl groups excluding tert-OH is 1. The van der Waals surface area contributed by atoms with E-state index in [0.717, 1.165) is 12.8 Å². The summed E-state index contributed by atoms with van der Waals surface area (Å²) >= 11 is 0. The van der Waals surface area contributed by atoms with Crippen LogP contribution in [0.2, 0.25) is 0 Å². The summed E-state index contributed by atoms with van der Waals surface area (Å²) in [5.74, 6) is 0.0919. The van der Waals surface area contributed by atoms with E-state index in [2.05, 4.69) is 10.6 Å². The lowest BCUT2D eigenvalue weighted by Gasteiger charge is -2.11. The number of aliphatic hydroxyl groups is 1.